The number of hydrogen-bond donors (Lipinski definition) is 1. The lowest BCUT2D eigenvalue weighted by molar-refractivity contribution is 0.182. The van der Waals surface area contributed by atoms with Crippen LogP contribution < -0.4 is 5.32 Å². The van der Waals surface area contributed by atoms with Crippen LogP contribution in [0.25, 0.3) is 0 Å². The van der Waals surface area contributed by atoms with Crippen molar-refractivity contribution in [2.45, 2.75) is 66.8 Å². The van der Waals surface area contributed by atoms with E-state index >= 15 is 0 Å². The molecule has 0 radical (unpaired) electrons. The SMILES string of the molecule is CC(C)CCN(CCC(C)C)C(=O)NC(C)(C)C. The van der Waals surface area contributed by atoms with Crippen molar-refractivity contribution in [3.63, 3.8) is 0 Å². The molecule has 0 aliphatic heterocycles. The van der Waals surface area contributed by atoms with Crippen molar-refractivity contribution in [3.8, 4) is 0 Å². The minimum absolute atomic E-state index is 0.0730. The van der Waals surface area contributed by atoms with Crippen molar-refractivity contribution >= 4 is 6.03 Å². The first-order chi connectivity index (χ1) is 8.11. The van der Waals surface area contributed by atoms with E-state index in [1.165, 1.54) is 0 Å². The number of nitrogens with one attached hydrogen (secondary N) is 1. The van der Waals surface area contributed by atoms with Crippen LogP contribution in [0.2, 0.25) is 0 Å². The predicted octanol–water partition coefficient (Wildman–Crippen LogP) is 3.89. The smallest absolute Gasteiger partial charge is 0.317 e. The van der Waals surface area contributed by atoms with E-state index < -0.39 is 0 Å². The molecule has 3 nitrogen and oxygen atoms in total. The molecule has 0 spiro atoms. The third kappa shape index (κ3) is 9.32. The van der Waals surface area contributed by atoms with E-state index in [0.29, 0.717) is 11.8 Å². The van der Waals surface area contributed by atoms with Crippen molar-refractivity contribution in [2.24, 2.45) is 11.8 Å². The summed E-state index contributed by atoms with van der Waals surface area (Å²) < 4.78 is 0. The fraction of sp³-hybridized carbons (Fsp3) is 0.933. The van der Waals surface area contributed by atoms with Gasteiger partial charge in [0, 0.05) is 18.6 Å². The third-order valence-electron chi connectivity index (χ3n) is 2.72. The molecule has 0 aliphatic carbocycles. The van der Waals surface area contributed by atoms with Gasteiger partial charge in [-0.05, 0) is 45.4 Å². The molecule has 0 bridgehead atoms. The van der Waals surface area contributed by atoms with Crippen LogP contribution in [0, 0.1) is 11.8 Å². The van der Waals surface area contributed by atoms with Crippen LogP contribution in [0.4, 0.5) is 4.79 Å². The van der Waals surface area contributed by atoms with Gasteiger partial charge < -0.3 is 10.2 Å². The Morgan fingerprint density at radius 1 is 1.00 bits per heavy atom. The maximum Gasteiger partial charge on any atom is 0.317 e. The third-order valence-corrected chi connectivity index (χ3v) is 2.72. The Labute approximate surface area is 113 Å². The van der Waals surface area contributed by atoms with Crippen LogP contribution in [-0.4, -0.2) is 29.6 Å². The summed E-state index contributed by atoms with van der Waals surface area (Å²) in [6.07, 6.45) is 2.13. The minimum Gasteiger partial charge on any atom is -0.333 e. The van der Waals surface area contributed by atoms with Gasteiger partial charge in [0.1, 0.15) is 0 Å². The Balaban J connectivity index is 4.39. The summed E-state index contributed by atoms with van der Waals surface area (Å²) in [7, 11) is 0. The van der Waals surface area contributed by atoms with Gasteiger partial charge in [-0.25, -0.2) is 4.79 Å². The molecule has 0 unspecified atom stereocenters. The molecule has 0 rings (SSSR count). The Kier molecular flexibility index (Phi) is 7.34. The average molecular weight is 256 g/mol. The van der Waals surface area contributed by atoms with Gasteiger partial charge in [0.05, 0.1) is 0 Å². The van der Waals surface area contributed by atoms with E-state index in [9.17, 15) is 4.79 Å². The standard InChI is InChI=1S/C15H32N2O/c1-12(2)8-10-17(11-9-13(3)4)14(18)16-15(5,6)7/h12-13H,8-11H2,1-7H3,(H,16,18). The molecule has 0 atom stereocenters. The Morgan fingerprint density at radius 3 is 1.67 bits per heavy atom. The van der Waals surface area contributed by atoms with Gasteiger partial charge >= 0.3 is 6.03 Å². The summed E-state index contributed by atoms with van der Waals surface area (Å²) in [6, 6.07) is 0.0730. The van der Waals surface area contributed by atoms with E-state index in [1.807, 2.05) is 25.7 Å². The molecule has 0 aromatic rings. The van der Waals surface area contributed by atoms with E-state index in [0.717, 1.165) is 25.9 Å². The molecular formula is C15H32N2O. The van der Waals surface area contributed by atoms with Gasteiger partial charge in [-0.1, -0.05) is 27.7 Å². The van der Waals surface area contributed by atoms with Gasteiger partial charge in [0.25, 0.3) is 0 Å². The number of urea groups is 1. The van der Waals surface area contributed by atoms with Gasteiger partial charge in [-0.2, -0.15) is 0 Å². The maximum absolute atomic E-state index is 12.2. The summed E-state index contributed by atoms with van der Waals surface area (Å²) in [6.45, 7) is 16.6. The summed E-state index contributed by atoms with van der Waals surface area (Å²) in [5.74, 6) is 1.27. The second-order valence-corrected chi connectivity index (χ2v) is 7.03. The summed E-state index contributed by atoms with van der Waals surface area (Å²) in [5.41, 5.74) is -0.162. The average Bonchev–Trinajstić information content (AvgIpc) is 2.13. The lowest BCUT2D eigenvalue weighted by atomic mass is 10.1. The first kappa shape index (κ1) is 17.3. The lowest BCUT2D eigenvalue weighted by Gasteiger charge is -2.29. The molecule has 108 valence electrons. The Morgan fingerprint density at radius 2 is 1.39 bits per heavy atom. The zero-order valence-corrected chi connectivity index (χ0v) is 13.3. The van der Waals surface area contributed by atoms with Crippen LogP contribution in [0.1, 0.15) is 61.3 Å². The van der Waals surface area contributed by atoms with Gasteiger partial charge in [-0.3, -0.25) is 0 Å². The molecule has 3 heteroatoms. The quantitative estimate of drug-likeness (QED) is 0.768. The van der Waals surface area contributed by atoms with E-state index in [2.05, 4.69) is 33.0 Å². The topological polar surface area (TPSA) is 32.3 Å². The number of carbonyl (C=O) groups is 1. The number of rotatable bonds is 6. The van der Waals surface area contributed by atoms with Crippen molar-refractivity contribution < 1.29 is 4.79 Å². The zero-order chi connectivity index (χ0) is 14.3. The molecule has 18 heavy (non-hydrogen) atoms. The minimum atomic E-state index is -0.162. The monoisotopic (exact) mass is 256 g/mol. The molecule has 0 saturated carbocycles. The lowest BCUT2D eigenvalue weighted by Crippen LogP contribution is -2.49. The highest BCUT2D eigenvalue weighted by Crippen LogP contribution is 2.08. The van der Waals surface area contributed by atoms with Gasteiger partial charge in [-0.15, -0.1) is 0 Å². The number of amides is 2. The van der Waals surface area contributed by atoms with Crippen LogP contribution >= 0.6 is 0 Å². The van der Waals surface area contributed by atoms with Gasteiger partial charge in [0.15, 0.2) is 0 Å². The van der Waals surface area contributed by atoms with E-state index in [-0.39, 0.29) is 11.6 Å². The molecule has 0 fully saturated rings. The van der Waals surface area contributed by atoms with Crippen molar-refractivity contribution in [3.05, 3.63) is 0 Å². The highest BCUT2D eigenvalue weighted by molar-refractivity contribution is 5.74. The largest absolute Gasteiger partial charge is 0.333 e. The van der Waals surface area contributed by atoms with Crippen LogP contribution in [0.3, 0.4) is 0 Å². The molecule has 1 N–H and O–H groups in total. The van der Waals surface area contributed by atoms with Crippen molar-refractivity contribution in [1.29, 1.82) is 0 Å². The second kappa shape index (κ2) is 7.65. The predicted molar refractivity (Wildman–Crippen MR) is 78.8 cm³/mol. The molecule has 0 aromatic heterocycles. The molecule has 0 saturated heterocycles. The van der Waals surface area contributed by atoms with E-state index in [4.69, 9.17) is 0 Å². The van der Waals surface area contributed by atoms with Crippen LogP contribution in [0.5, 0.6) is 0 Å². The Hall–Kier alpha value is -0.730. The van der Waals surface area contributed by atoms with Crippen molar-refractivity contribution in [1.82, 2.24) is 10.2 Å². The normalized spacial score (nSPS) is 12.1. The molecule has 0 heterocycles. The fourth-order valence-electron chi connectivity index (χ4n) is 1.54. The van der Waals surface area contributed by atoms with Crippen molar-refractivity contribution in [2.75, 3.05) is 13.1 Å². The fourth-order valence-corrected chi connectivity index (χ4v) is 1.54. The number of carbonyl (C=O) groups excluding carboxylic acids is 1. The molecular weight excluding hydrogens is 224 g/mol. The summed E-state index contributed by atoms with van der Waals surface area (Å²) in [4.78, 5) is 14.2. The number of hydrogen-bond acceptors (Lipinski definition) is 1. The summed E-state index contributed by atoms with van der Waals surface area (Å²) in [5, 5.41) is 3.05. The highest BCUT2D eigenvalue weighted by Gasteiger charge is 2.19. The first-order valence-corrected chi connectivity index (χ1v) is 7.19. The molecule has 2 amide bonds. The molecule has 0 aromatic carbocycles. The van der Waals surface area contributed by atoms with Gasteiger partial charge in [0.2, 0.25) is 0 Å². The Bertz CT molecular complexity index is 229. The zero-order valence-electron chi connectivity index (χ0n) is 13.3. The van der Waals surface area contributed by atoms with Crippen LogP contribution in [-0.2, 0) is 0 Å². The highest BCUT2D eigenvalue weighted by atomic mass is 16.2. The summed E-state index contributed by atoms with van der Waals surface area (Å²) >= 11 is 0. The first-order valence-electron chi connectivity index (χ1n) is 7.19. The second-order valence-electron chi connectivity index (χ2n) is 7.03. The van der Waals surface area contributed by atoms with E-state index in [1.54, 1.807) is 0 Å². The number of nitrogens with zero attached hydrogens (tertiary/aromatic N) is 1. The molecule has 0 aliphatic rings. The maximum atomic E-state index is 12.2. The van der Waals surface area contributed by atoms with Crippen LogP contribution in [0.15, 0.2) is 0 Å².